The zero-order chi connectivity index (χ0) is 30.7. The summed E-state index contributed by atoms with van der Waals surface area (Å²) >= 11 is 0. The van der Waals surface area contributed by atoms with E-state index in [2.05, 4.69) is 38.2 Å². The van der Waals surface area contributed by atoms with Crippen molar-refractivity contribution in [2.75, 3.05) is 13.2 Å². The molecule has 0 aromatic carbocycles. The van der Waals surface area contributed by atoms with Crippen LogP contribution in [0.25, 0.3) is 0 Å². The molecule has 0 fully saturated rings. The quantitative estimate of drug-likeness (QED) is 0.0346. The first-order valence-electron chi connectivity index (χ1n) is 18.8. The number of unbranched alkanes of at least 4 members (excludes halogenated alkanes) is 24. The van der Waals surface area contributed by atoms with Gasteiger partial charge in [0.1, 0.15) is 0 Å². The van der Waals surface area contributed by atoms with Crippen molar-refractivity contribution in [3.05, 3.63) is 24.3 Å². The molecule has 0 spiro atoms. The van der Waals surface area contributed by atoms with Crippen LogP contribution >= 0.6 is 0 Å². The molecule has 42 heavy (non-hydrogen) atoms. The molecule has 0 unspecified atom stereocenters. The standard InChI is InChI=1S/C39H75NO2/c1-4-6-8-10-12-14-16-18-20-22-24-26-28-30-32-34-36-41-39(3,38-40)42-37-35-33-31-29-27-25-23-21-19-17-15-13-11-9-7-5-2/h18-21,38,40H,4-17,22-37H2,1-3H3/b20-18-,21-19-,40-38?. The first-order chi connectivity index (χ1) is 20.7. The Labute approximate surface area is 264 Å². The van der Waals surface area contributed by atoms with E-state index in [1.807, 2.05) is 6.92 Å². The van der Waals surface area contributed by atoms with Crippen molar-refractivity contribution in [3.8, 4) is 0 Å². The van der Waals surface area contributed by atoms with Crippen LogP contribution in [0, 0.1) is 5.41 Å². The van der Waals surface area contributed by atoms with E-state index in [9.17, 15) is 0 Å². The molecule has 1 N–H and O–H groups in total. The Bertz CT molecular complexity index is 541. The van der Waals surface area contributed by atoms with Gasteiger partial charge < -0.3 is 14.9 Å². The van der Waals surface area contributed by atoms with E-state index in [4.69, 9.17) is 14.9 Å². The van der Waals surface area contributed by atoms with Gasteiger partial charge in [0.05, 0.1) is 19.4 Å². The van der Waals surface area contributed by atoms with Gasteiger partial charge in [-0.1, -0.05) is 154 Å². The van der Waals surface area contributed by atoms with Crippen molar-refractivity contribution in [2.45, 2.75) is 206 Å². The Balaban J connectivity index is 3.46. The first-order valence-corrected chi connectivity index (χ1v) is 18.8. The van der Waals surface area contributed by atoms with Gasteiger partial charge in [-0.15, -0.1) is 0 Å². The second kappa shape index (κ2) is 34.6. The molecular formula is C39H75NO2. The van der Waals surface area contributed by atoms with Crippen molar-refractivity contribution in [2.24, 2.45) is 0 Å². The molecule has 3 nitrogen and oxygen atoms in total. The van der Waals surface area contributed by atoms with Gasteiger partial charge in [0, 0.05) is 0 Å². The van der Waals surface area contributed by atoms with Gasteiger partial charge in [-0.3, -0.25) is 0 Å². The molecule has 0 aromatic heterocycles. The smallest absolute Gasteiger partial charge is 0.201 e. The Morgan fingerprint density at radius 3 is 0.952 bits per heavy atom. The topological polar surface area (TPSA) is 42.3 Å². The van der Waals surface area contributed by atoms with E-state index in [0.29, 0.717) is 13.2 Å². The van der Waals surface area contributed by atoms with Gasteiger partial charge in [-0.25, -0.2) is 0 Å². The number of allylic oxidation sites excluding steroid dienone is 4. The Morgan fingerprint density at radius 1 is 0.405 bits per heavy atom. The van der Waals surface area contributed by atoms with E-state index >= 15 is 0 Å². The lowest BCUT2D eigenvalue weighted by Gasteiger charge is -2.25. The summed E-state index contributed by atoms with van der Waals surface area (Å²) in [5.41, 5.74) is 0. The van der Waals surface area contributed by atoms with Gasteiger partial charge in [-0.2, -0.15) is 0 Å². The average Bonchev–Trinajstić information content (AvgIpc) is 3.00. The number of hydrogen-bond acceptors (Lipinski definition) is 3. The zero-order valence-corrected chi connectivity index (χ0v) is 28.9. The minimum absolute atomic E-state index is 0.681. The monoisotopic (exact) mass is 590 g/mol. The van der Waals surface area contributed by atoms with Crippen LogP contribution in [0.3, 0.4) is 0 Å². The highest BCUT2D eigenvalue weighted by Gasteiger charge is 2.22. The second-order valence-corrected chi connectivity index (χ2v) is 12.7. The van der Waals surface area contributed by atoms with Gasteiger partial charge in [-0.05, 0) is 71.1 Å². The number of ether oxygens (including phenoxy) is 2. The molecule has 0 atom stereocenters. The fraction of sp³-hybridized carbons (Fsp3) is 0.872. The molecular weight excluding hydrogens is 514 g/mol. The Morgan fingerprint density at radius 2 is 0.667 bits per heavy atom. The van der Waals surface area contributed by atoms with Crippen LogP contribution in [0.1, 0.15) is 201 Å². The molecule has 0 bridgehead atoms. The number of rotatable bonds is 35. The summed E-state index contributed by atoms with van der Waals surface area (Å²) in [5.74, 6) is -0.857. The van der Waals surface area contributed by atoms with Gasteiger partial charge >= 0.3 is 0 Å². The van der Waals surface area contributed by atoms with Crippen LogP contribution in [0.15, 0.2) is 24.3 Å². The molecule has 0 aliphatic rings. The molecule has 0 saturated carbocycles. The van der Waals surface area contributed by atoms with E-state index in [0.717, 1.165) is 12.8 Å². The maximum absolute atomic E-state index is 7.77. The molecule has 0 amide bonds. The highest BCUT2D eigenvalue weighted by Crippen LogP contribution is 2.15. The summed E-state index contributed by atoms with van der Waals surface area (Å²) in [7, 11) is 0. The van der Waals surface area contributed by atoms with Crippen molar-refractivity contribution in [1.82, 2.24) is 0 Å². The van der Waals surface area contributed by atoms with E-state index in [1.165, 1.54) is 173 Å². The molecule has 0 saturated heterocycles. The van der Waals surface area contributed by atoms with Gasteiger partial charge in [0.2, 0.25) is 5.79 Å². The molecule has 0 aliphatic heterocycles. The lowest BCUT2D eigenvalue weighted by molar-refractivity contribution is -0.175. The maximum atomic E-state index is 7.77. The van der Waals surface area contributed by atoms with Crippen molar-refractivity contribution in [3.63, 3.8) is 0 Å². The molecule has 248 valence electrons. The normalized spacial score (nSPS) is 12.3. The highest BCUT2D eigenvalue weighted by molar-refractivity contribution is 5.62. The van der Waals surface area contributed by atoms with Crippen LogP contribution < -0.4 is 0 Å². The molecule has 0 rings (SSSR count). The number of hydrogen-bond donors (Lipinski definition) is 1. The lowest BCUT2D eigenvalue weighted by atomic mass is 10.1. The van der Waals surface area contributed by atoms with Gasteiger partial charge in [0.25, 0.3) is 0 Å². The third-order valence-corrected chi connectivity index (χ3v) is 8.35. The van der Waals surface area contributed by atoms with Crippen molar-refractivity contribution < 1.29 is 9.47 Å². The first kappa shape index (κ1) is 41.1. The SMILES string of the molecule is CCCCCCCC/C=C\CCCCCCCCOC(C)(C=N)OCCCCCCCC/C=C\CCCCCCCC. The summed E-state index contributed by atoms with van der Waals surface area (Å²) in [6.45, 7) is 7.81. The van der Waals surface area contributed by atoms with Crippen LogP contribution in [0.2, 0.25) is 0 Å². The van der Waals surface area contributed by atoms with E-state index in [-0.39, 0.29) is 0 Å². The minimum atomic E-state index is -0.857. The summed E-state index contributed by atoms with van der Waals surface area (Å²) in [5, 5.41) is 7.77. The molecule has 3 heteroatoms. The predicted octanol–water partition coefficient (Wildman–Crippen LogP) is 13.5. The number of nitrogens with one attached hydrogen (secondary N) is 1. The molecule has 0 heterocycles. The van der Waals surface area contributed by atoms with Crippen LogP contribution in [0.4, 0.5) is 0 Å². The molecule has 0 aliphatic carbocycles. The highest BCUT2D eigenvalue weighted by atomic mass is 16.7. The third-order valence-electron chi connectivity index (χ3n) is 8.35. The van der Waals surface area contributed by atoms with E-state index in [1.54, 1.807) is 0 Å². The molecule has 0 aromatic rings. The zero-order valence-electron chi connectivity index (χ0n) is 28.9. The summed E-state index contributed by atoms with van der Waals surface area (Å²) in [6.07, 6.45) is 47.6. The van der Waals surface area contributed by atoms with Crippen LogP contribution in [-0.4, -0.2) is 25.2 Å². The van der Waals surface area contributed by atoms with Crippen molar-refractivity contribution >= 4 is 6.21 Å². The second-order valence-electron chi connectivity index (χ2n) is 12.7. The van der Waals surface area contributed by atoms with Crippen molar-refractivity contribution in [1.29, 1.82) is 5.41 Å². The lowest BCUT2D eigenvalue weighted by Crippen LogP contribution is -2.34. The van der Waals surface area contributed by atoms with Crippen LogP contribution in [-0.2, 0) is 9.47 Å². The summed E-state index contributed by atoms with van der Waals surface area (Å²) in [4.78, 5) is 0. The summed E-state index contributed by atoms with van der Waals surface area (Å²) < 4.78 is 11.9. The predicted molar refractivity (Wildman–Crippen MR) is 188 cm³/mol. The maximum Gasteiger partial charge on any atom is 0.201 e. The summed E-state index contributed by atoms with van der Waals surface area (Å²) in [6, 6.07) is 0. The minimum Gasteiger partial charge on any atom is -0.345 e. The van der Waals surface area contributed by atoms with Gasteiger partial charge in [0.15, 0.2) is 0 Å². The molecule has 0 radical (unpaired) electrons. The average molecular weight is 590 g/mol. The Kier molecular flexibility index (Phi) is 33.8. The fourth-order valence-electron chi connectivity index (χ4n) is 5.37. The van der Waals surface area contributed by atoms with E-state index < -0.39 is 5.79 Å². The fourth-order valence-corrected chi connectivity index (χ4v) is 5.37. The van der Waals surface area contributed by atoms with Crippen LogP contribution in [0.5, 0.6) is 0 Å². The Hall–Kier alpha value is -0.930. The third kappa shape index (κ3) is 32.0. The largest absolute Gasteiger partial charge is 0.345 e.